The molecule has 3 heterocycles. The molecule has 0 fully saturated rings. The maximum atomic E-state index is 4.72. The van der Waals surface area contributed by atoms with E-state index in [0.717, 1.165) is 27.6 Å². The van der Waals surface area contributed by atoms with Gasteiger partial charge >= 0.3 is 0 Å². The van der Waals surface area contributed by atoms with Crippen LogP contribution >= 0.6 is 0 Å². The van der Waals surface area contributed by atoms with E-state index in [9.17, 15) is 0 Å². The minimum atomic E-state index is 1.06. The minimum absolute atomic E-state index is 1.06. The highest BCUT2D eigenvalue weighted by molar-refractivity contribution is 6.17. The lowest BCUT2D eigenvalue weighted by atomic mass is 10.0. The van der Waals surface area contributed by atoms with Crippen LogP contribution in [0.4, 0.5) is 0 Å². The maximum absolute atomic E-state index is 4.72. The van der Waals surface area contributed by atoms with E-state index in [4.69, 9.17) is 5.10 Å². The van der Waals surface area contributed by atoms with E-state index in [1.807, 2.05) is 29.1 Å². The smallest absolute Gasteiger partial charge is 0.0762 e. The number of para-hydroxylation sites is 3. The Bertz CT molecular complexity index is 2410. The normalized spacial score (nSPS) is 11.9. The molecule has 0 unspecified atom stereocenters. The Balaban J connectivity index is 1.21. The summed E-state index contributed by atoms with van der Waals surface area (Å²) in [5.41, 5.74) is 10.4. The summed E-state index contributed by atoms with van der Waals surface area (Å²) in [7, 11) is 0. The van der Waals surface area contributed by atoms with E-state index in [0.29, 0.717) is 0 Å². The van der Waals surface area contributed by atoms with Crippen LogP contribution in [-0.2, 0) is 0 Å². The number of aromatic amines is 1. The standard InChI is InChI=1S/C37H24N4/c1-3-9-26(10-4-1)40-34-14-8-7-13-29(34)31-21-24(16-19-35(31)40)25-15-17-28-30-18-20-36-32(37(30)39-33(28)22-25)23-38-41(36)27-11-5-2-6-12-27/h1-23,39H. The van der Waals surface area contributed by atoms with Crippen molar-refractivity contribution in [1.29, 1.82) is 0 Å². The number of aromatic nitrogens is 4. The number of hydrogen-bond acceptors (Lipinski definition) is 1. The molecule has 0 saturated carbocycles. The van der Waals surface area contributed by atoms with Gasteiger partial charge in [-0.3, -0.25) is 0 Å². The quantitative estimate of drug-likeness (QED) is 0.246. The zero-order chi connectivity index (χ0) is 26.9. The monoisotopic (exact) mass is 524 g/mol. The summed E-state index contributed by atoms with van der Waals surface area (Å²) in [6.45, 7) is 0. The van der Waals surface area contributed by atoms with Crippen molar-refractivity contribution >= 4 is 54.5 Å². The molecule has 192 valence electrons. The van der Waals surface area contributed by atoms with Crippen molar-refractivity contribution < 1.29 is 0 Å². The Morgan fingerprint density at radius 2 is 1.12 bits per heavy atom. The molecule has 9 aromatic rings. The van der Waals surface area contributed by atoms with Crippen molar-refractivity contribution in [2.45, 2.75) is 0 Å². The first-order chi connectivity index (χ1) is 20.3. The van der Waals surface area contributed by atoms with E-state index in [1.165, 1.54) is 49.4 Å². The topological polar surface area (TPSA) is 38.5 Å². The van der Waals surface area contributed by atoms with Gasteiger partial charge in [-0.15, -0.1) is 0 Å². The van der Waals surface area contributed by atoms with Crippen molar-refractivity contribution in [2.24, 2.45) is 0 Å². The van der Waals surface area contributed by atoms with Crippen LogP contribution in [0.1, 0.15) is 0 Å². The van der Waals surface area contributed by atoms with Crippen LogP contribution in [0.5, 0.6) is 0 Å². The van der Waals surface area contributed by atoms with Gasteiger partial charge in [0, 0.05) is 38.1 Å². The molecule has 0 aliphatic heterocycles. The molecule has 6 aromatic carbocycles. The summed E-state index contributed by atoms with van der Waals surface area (Å²) in [6, 6.07) is 47.6. The lowest BCUT2D eigenvalue weighted by molar-refractivity contribution is 0.911. The third-order valence-corrected chi connectivity index (χ3v) is 8.34. The molecule has 0 spiro atoms. The van der Waals surface area contributed by atoms with E-state index in [1.54, 1.807) is 0 Å². The van der Waals surface area contributed by atoms with Crippen LogP contribution in [0.3, 0.4) is 0 Å². The number of nitrogens with one attached hydrogen (secondary N) is 1. The number of benzene rings is 6. The Morgan fingerprint density at radius 3 is 1.98 bits per heavy atom. The average molecular weight is 525 g/mol. The highest BCUT2D eigenvalue weighted by Gasteiger charge is 2.15. The lowest BCUT2D eigenvalue weighted by Crippen LogP contribution is -1.94. The number of rotatable bonds is 3. The van der Waals surface area contributed by atoms with Crippen molar-refractivity contribution in [3.05, 3.63) is 140 Å². The third-order valence-electron chi connectivity index (χ3n) is 8.34. The van der Waals surface area contributed by atoms with Crippen molar-refractivity contribution in [1.82, 2.24) is 19.3 Å². The van der Waals surface area contributed by atoms with Crippen LogP contribution in [0.15, 0.2) is 140 Å². The molecule has 9 rings (SSSR count). The second-order valence-corrected chi connectivity index (χ2v) is 10.6. The molecule has 4 heteroatoms. The van der Waals surface area contributed by atoms with Gasteiger partial charge in [-0.25, -0.2) is 4.68 Å². The minimum Gasteiger partial charge on any atom is -0.354 e. The van der Waals surface area contributed by atoms with Gasteiger partial charge in [0.15, 0.2) is 0 Å². The van der Waals surface area contributed by atoms with Gasteiger partial charge in [-0.1, -0.05) is 78.9 Å². The van der Waals surface area contributed by atoms with Crippen molar-refractivity contribution in [2.75, 3.05) is 0 Å². The largest absolute Gasteiger partial charge is 0.354 e. The summed E-state index contributed by atoms with van der Waals surface area (Å²) < 4.78 is 4.36. The van der Waals surface area contributed by atoms with Crippen LogP contribution in [-0.4, -0.2) is 19.3 Å². The van der Waals surface area contributed by atoms with Gasteiger partial charge in [-0.05, 0) is 65.7 Å². The molecule has 0 amide bonds. The Hall–Kier alpha value is -5.61. The third kappa shape index (κ3) is 3.25. The molecule has 1 N–H and O–H groups in total. The number of nitrogens with zero attached hydrogens (tertiary/aromatic N) is 3. The highest BCUT2D eigenvalue weighted by Crippen LogP contribution is 2.37. The highest BCUT2D eigenvalue weighted by atomic mass is 15.3. The van der Waals surface area contributed by atoms with Crippen LogP contribution in [0.25, 0.3) is 77.0 Å². The maximum Gasteiger partial charge on any atom is 0.0762 e. The molecule has 41 heavy (non-hydrogen) atoms. The molecule has 0 aliphatic carbocycles. The Labute approximate surface area is 235 Å². The second kappa shape index (κ2) is 8.44. The van der Waals surface area contributed by atoms with E-state index >= 15 is 0 Å². The molecule has 4 nitrogen and oxygen atoms in total. The summed E-state index contributed by atoms with van der Waals surface area (Å²) in [4.78, 5) is 3.73. The van der Waals surface area contributed by atoms with Gasteiger partial charge in [-0.2, -0.15) is 5.10 Å². The van der Waals surface area contributed by atoms with Gasteiger partial charge in [0.1, 0.15) is 0 Å². The summed E-state index contributed by atoms with van der Waals surface area (Å²) in [6.07, 6.45) is 1.97. The van der Waals surface area contributed by atoms with Crippen LogP contribution in [0, 0.1) is 0 Å². The van der Waals surface area contributed by atoms with Crippen molar-refractivity contribution in [3.8, 4) is 22.5 Å². The molecular formula is C37H24N4. The van der Waals surface area contributed by atoms with Crippen LogP contribution in [0.2, 0.25) is 0 Å². The second-order valence-electron chi connectivity index (χ2n) is 10.6. The first kappa shape index (κ1) is 22.2. The molecule has 3 aromatic heterocycles. The molecule has 0 atom stereocenters. The fourth-order valence-corrected chi connectivity index (χ4v) is 6.44. The van der Waals surface area contributed by atoms with Crippen molar-refractivity contribution in [3.63, 3.8) is 0 Å². The predicted octanol–water partition coefficient (Wildman–Crippen LogP) is 9.42. The van der Waals surface area contributed by atoms with Crippen LogP contribution < -0.4 is 0 Å². The summed E-state index contributed by atoms with van der Waals surface area (Å²) >= 11 is 0. The SMILES string of the molecule is c1ccc(-n2ncc3c4[nH]c5cc(-c6ccc7c(c6)c6ccccc6n7-c6ccccc6)ccc5c4ccc32)cc1. The molecule has 0 saturated heterocycles. The van der Waals surface area contributed by atoms with E-state index < -0.39 is 0 Å². The molecule has 0 bridgehead atoms. The molecule has 0 aliphatic rings. The number of fused-ring (bicyclic) bond motifs is 8. The first-order valence-electron chi connectivity index (χ1n) is 13.9. The number of H-pyrrole nitrogens is 1. The van der Waals surface area contributed by atoms with Gasteiger partial charge in [0.05, 0.1) is 34.0 Å². The lowest BCUT2D eigenvalue weighted by Gasteiger charge is -2.08. The fourth-order valence-electron chi connectivity index (χ4n) is 6.44. The zero-order valence-corrected chi connectivity index (χ0v) is 22.1. The molecule has 0 radical (unpaired) electrons. The first-order valence-corrected chi connectivity index (χ1v) is 13.9. The number of hydrogen-bond donors (Lipinski definition) is 1. The van der Waals surface area contributed by atoms with Gasteiger partial charge in [0.25, 0.3) is 0 Å². The Morgan fingerprint density at radius 1 is 0.463 bits per heavy atom. The fraction of sp³-hybridized carbons (Fsp3) is 0. The Kier molecular flexibility index (Phi) is 4.58. The van der Waals surface area contributed by atoms with E-state index in [2.05, 4.69) is 125 Å². The zero-order valence-electron chi connectivity index (χ0n) is 22.1. The predicted molar refractivity (Wildman–Crippen MR) is 170 cm³/mol. The van der Waals surface area contributed by atoms with Gasteiger partial charge < -0.3 is 9.55 Å². The molecular weight excluding hydrogens is 500 g/mol. The average Bonchev–Trinajstić information content (AvgIpc) is 3.73. The summed E-state index contributed by atoms with van der Waals surface area (Å²) in [5.74, 6) is 0. The summed E-state index contributed by atoms with van der Waals surface area (Å²) in [5, 5.41) is 10.8. The van der Waals surface area contributed by atoms with Gasteiger partial charge in [0.2, 0.25) is 0 Å². The van der Waals surface area contributed by atoms with E-state index in [-0.39, 0.29) is 0 Å².